The molecule has 1 aromatic carbocycles. The van der Waals surface area contributed by atoms with Gasteiger partial charge in [0.25, 0.3) is 5.69 Å². The van der Waals surface area contributed by atoms with Crippen LogP contribution in [0.25, 0.3) is 0 Å². The van der Waals surface area contributed by atoms with Crippen LogP contribution in [0, 0.1) is 10.1 Å². The molecule has 0 saturated carbocycles. The lowest BCUT2D eigenvalue weighted by Gasteiger charge is -2.03. The maximum atomic E-state index is 10.5. The van der Waals surface area contributed by atoms with Crippen LogP contribution in [-0.2, 0) is 25.0 Å². The molecule has 126 valence electrons. The Kier molecular flexibility index (Phi) is 11.3. The zero-order valence-electron chi connectivity index (χ0n) is 13.2. The highest BCUT2D eigenvalue weighted by Crippen LogP contribution is 2.23. The van der Waals surface area contributed by atoms with Crippen LogP contribution in [-0.4, -0.2) is 32.4 Å². The predicted molar refractivity (Wildman–Crippen MR) is 82.6 cm³/mol. The zero-order chi connectivity index (χ0) is 17.0. The monoisotopic (exact) mass is 335 g/mol. The lowest BCUT2D eigenvalue weighted by atomic mass is 10.2. The smallest absolute Gasteiger partial charge is 0.319 e. The molecular formula is C13H22NO7P. The van der Waals surface area contributed by atoms with E-state index >= 15 is 0 Å². The van der Waals surface area contributed by atoms with Gasteiger partial charge in [0, 0.05) is 13.2 Å². The number of non-ortho nitro benzene ring substituents is 1. The minimum absolute atomic E-state index is 0.0106. The second-order valence-electron chi connectivity index (χ2n) is 3.85. The van der Waals surface area contributed by atoms with Crippen molar-refractivity contribution in [3.05, 3.63) is 33.9 Å². The Morgan fingerprint density at radius 3 is 2.14 bits per heavy atom. The Morgan fingerprint density at radius 1 is 1.14 bits per heavy atom. The standard InChI is InChI=1S/C9H11NO4.C4H11O3P/c1-13-6-7-3-8(10(11)12)5-9(4-7)14-2;1-3-6-8(5)7-4-2/h3-5H,6H2,1-2H3;8H,3-4H2,1-2H3. The first-order chi connectivity index (χ1) is 10.5. The van der Waals surface area contributed by atoms with Crippen LogP contribution in [0.15, 0.2) is 18.2 Å². The first kappa shape index (κ1) is 20.5. The Labute approximate surface area is 130 Å². The van der Waals surface area contributed by atoms with Gasteiger partial charge < -0.3 is 18.5 Å². The number of hydrogen-bond donors (Lipinski definition) is 0. The van der Waals surface area contributed by atoms with Crippen LogP contribution in [0.1, 0.15) is 19.4 Å². The molecule has 0 N–H and O–H groups in total. The van der Waals surface area contributed by atoms with Gasteiger partial charge in [0.1, 0.15) is 5.75 Å². The summed E-state index contributed by atoms with van der Waals surface area (Å²) in [6.07, 6.45) is 0. The van der Waals surface area contributed by atoms with Crippen molar-refractivity contribution >= 4 is 13.9 Å². The first-order valence-corrected chi connectivity index (χ1v) is 7.81. The largest absolute Gasteiger partial charge is 0.496 e. The normalized spacial score (nSPS) is 10.0. The third kappa shape index (κ3) is 8.74. The van der Waals surface area contributed by atoms with Gasteiger partial charge in [-0.05, 0) is 25.5 Å². The second-order valence-corrected chi connectivity index (χ2v) is 4.92. The highest BCUT2D eigenvalue weighted by Gasteiger charge is 2.09. The number of benzene rings is 1. The number of ether oxygens (including phenoxy) is 2. The van der Waals surface area contributed by atoms with E-state index in [1.165, 1.54) is 26.4 Å². The summed E-state index contributed by atoms with van der Waals surface area (Å²) in [4.78, 5) is 10.1. The fourth-order valence-electron chi connectivity index (χ4n) is 1.39. The van der Waals surface area contributed by atoms with Crippen molar-refractivity contribution in [1.29, 1.82) is 0 Å². The van der Waals surface area contributed by atoms with Crippen LogP contribution >= 0.6 is 8.25 Å². The molecule has 0 amide bonds. The molecule has 0 aliphatic carbocycles. The Bertz CT molecular complexity index is 473. The summed E-state index contributed by atoms with van der Waals surface area (Å²) < 4.78 is 29.4. The van der Waals surface area contributed by atoms with Crippen molar-refractivity contribution < 1.29 is 28.0 Å². The molecule has 0 aliphatic rings. The van der Waals surface area contributed by atoms with Crippen molar-refractivity contribution in [1.82, 2.24) is 0 Å². The van der Waals surface area contributed by atoms with E-state index in [0.717, 1.165) is 5.56 Å². The maximum Gasteiger partial charge on any atom is 0.319 e. The van der Waals surface area contributed by atoms with E-state index in [2.05, 4.69) is 9.05 Å². The molecule has 1 rings (SSSR count). The molecule has 0 atom stereocenters. The van der Waals surface area contributed by atoms with E-state index in [-0.39, 0.29) is 5.69 Å². The quantitative estimate of drug-likeness (QED) is 0.409. The highest BCUT2D eigenvalue weighted by molar-refractivity contribution is 7.33. The molecule has 0 heterocycles. The number of methoxy groups -OCH3 is 2. The average Bonchev–Trinajstić information content (AvgIpc) is 2.48. The summed E-state index contributed by atoms with van der Waals surface area (Å²) in [5.74, 6) is 0.464. The van der Waals surface area contributed by atoms with Gasteiger partial charge in [-0.25, -0.2) is 0 Å². The summed E-state index contributed by atoms with van der Waals surface area (Å²) in [5, 5.41) is 10.5. The molecule has 0 aliphatic heterocycles. The Balaban J connectivity index is 0.000000472. The highest BCUT2D eigenvalue weighted by atomic mass is 31.1. The van der Waals surface area contributed by atoms with Crippen LogP contribution in [0.3, 0.4) is 0 Å². The lowest BCUT2D eigenvalue weighted by molar-refractivity contribution is -0.385. The van der Waals surface area contributed by atoms with Crippen molar-refractivity contribution in [3.63, 3.8) is 0 Å². The molecule has 8 nitrogen and oxygen atoms in total. The first-order valence-electron chi connectivity index (χ1n) is 6.59. The van der Waals surface area contributed by atoms with Crippen molar-refractivity contribution in [2.75, 3.05) is 27.4 Å². The van der Waals surface area contributed by atoms with Crippen molar-refractivity contribution in [3.8, 4) is 5.75 Å². The van der Waals surface area contributed by atoms with Crippen LogP contribution in [0.2, 0.25) is 0 Å². The second kappa shape index (κ2) is 12.1. The molecule has 9 heteroatoms. The van der Waals surface area contributed by atoms with E-state index in [4.69, 9.17) is 9.47 Å². The lowest BCUT2D eigenvalue weighted by Crippen LogP contribution is -1.94. The number of nitrogens with zero attached hydrogens (tertiary/aromatic N) is 1. The topological polar surface area (TPSA) is 97.1 Å². The van der Waals surface area contributed by atoms with Crippen LogP contribution in [0.4, 0.5) is 5.69 Å². The van der Waals surface area contributed by atoms with Gasteiger partial charge in [-0.1, -0.05) is 0 Å². The molecular weight excluding hydrogens is 313 g/mol. The molecule has 0 bridgehead atoms. The Morgan fingerprint density at radius 2 is 1.73 bits per heavy atom. The van der Waals surface area contributed by atoms with Gasteiger partial charge in [-0.15, -0.1) is 0 Å². The van der Waals surface area contributed by atoms with E-state index in [1.54, 1.807) is 19.9 Å². The molecule has 0 unspecified atom stereocenters. The number of hydrogen-bond acceptors (Lipinski definition) is 7. The summed E-state index contributed by atoms with van der Waals surface area (Å²) >= 11 is 0. The summed E-state index contributed by atoms with van der Waals surface area (Å²) in [7, 11) is 0.859. The van der Waals surface area contributed by atoms with Gasteiger partial charge in [0.05, 0.1) is 37.9 Å². The Hall–Kier alpha value is -1.47. The predicted octanol–water partition coefficient (Wildman–Crippen LogP) is 3.20. The average molecular weight is 335 g/mol. The molecule has 0 saturated heterocycles. The van der Waals surface area contributed by atoms with E-state index in [0.29, 0.717) is 25.6 Å². The molecule has 0 radical (unpaired) electrons. The maximum absolute atomic E-state index is 10.5. The molecule has 1 aromatic rings. The molecule has 22 heavy (non-hydrogen) atoms. The third-order valence-electron chi connectivity index (χ3n) is 2.23. The molecule has 0 aromatic heterocycles. The van der Waals surface area contributed by atoms with Crippen molar-refractivity contribution in [2.45, 2.75) is 20.5 Å². The minimum Gasteiger partial charge on any atom is -0.496 e. The summed E-state index contributed by atoms with van der Waals surface area (Å²) in [6.45, 7) is 4.80. The molecule has 0 fully saturated rings. The number of rotatable bonds is 8. The van der Waals surface area contributed by atoms with Gasteiger partial charge in [0.15, 0.2) is 0 Å². The summed E-state index contributed by atoms with van der Waals surface area (Å²) in [6, 6.07) is 4.54. The third-order valence-corrected chi connectivity index (χ3v) is 3.28. The van der Waals surface area contributed by atoms with Crippen LogP contribution < -0.4 is 4.74 Å². The van der Waals surface area contributed by atoms with Crippen molar-refractivity contribution in [2.24, 2.45) is 0 Å². The molecule has 0 spiro atoms. The van der Waals surface area contributed by atoms with E-state index in [1.807, 2.05) is 0 Å². The van der Waals surface area contributed by atoms with Crippen LogP contribution in [0.5, 0.6) is 5.75 Å². The van der Waals surface area contributed by atoms with Gasteiger partial charge in [-0.2, -0.15) is 0 Å². The van der Waals surface area contributed by atoms with Gasteiger partial charge in [0.2, 0.25) is 0 Å². The number of nitro benzene ring substituents is 1. The minimum atomic E-state index is -2.14. The fraction of sp³-hybridized carbons (Fsp3) is 0.538. The number of nitro groups is 1. The van der Waals surface area contributed by atoms with Gasteiger partial charge >= 0.3 is 8.25 Å². The van der Waals surface area contributed by atoms with Gasteiger partial charge in [-0.3, -0.25) is 14.7 Å². The summed E-state index contributed by atoms with van der Waals surface area (Å²) in [5.41, 5.74) is 0.731. The fourth-order valence-corrected chi connectivity index (χ4v) is 1.95. The SMILES string of the molecule is CCO[PH](=O)OCC.COCc1cc(OC)cc([N+](=O)[O-])c1. The van der Waals surface area contributed by atoms with E-state index < -0.39 is 13.2 Å². The zero-order valence-corrected chi connectivity index (χ0v) is 14.2. The van der Waals surface area contributed by atoms with E-state index in [9.17, 15) is 14.7 Å².